The fourth-order valence-electron chi connectivity index (χ4n) is 3.46. The normalized spacial score (nSPS) is 17.1. The van der Waals surface area contributed by atoms with E-state index in [4.69, 9.17) is 0 Å². The molecule has 0 radical (unpaired) electrons. The molecule has 1 aliphatic carbocycles. The minimum atomic E-state index is -3.56. The summed E-state index contributed by atoms with van der Waals surface area (Å²) in [5.41, 5.74) is 2.62. The molecule has 1 aliphatic rings. The number of aryl methyl sites for hydroxylation is 2. The van der Waals surface area contributed by atoms with Crippen LogP contribution in [0.1, 0.15) is 50.2 Å². The quantitative estimate of drug-likeness (QED) is 0.841. The maximum Gasteiger partial charge on any atom is 0.243 e. The monoisotopic (exact) mass is 366 g/mol. The molecule has 0 aromatic heterocycles. The van der Waals surface area contributed by atoms with Gasteiger partial charge in [-0.3, -0.25) is 9.10 Å². The zero-order valence-electron chi connectivity index (χ0n) is 15.7. The second-order valence-electron chi connectivity index (χ2n) is 7.25. The Hall–Kier alpha value is -1.56. The van der Waals surface area contributed by atoms with Gasteiger partial charge in [-0.2, -0.15) is 0 Å². The van der Waals surface area contributed by atoms with Crippen molar-refractivity contribution in [3.8, 4) is 0 Å². The van der Waals surface area contributed by atoms with Crippen LogP contribution in [-0.2, 0) is 14.8 Å². The number of carbonyl (C=O) groups excluding carboxylic acids is 1. The second-order valence-corrected chi connectivity index (χ2v) is 9.11. The molecule has 2 rings (SSSR count). The zero-order chi connectivity index (χ0) is 18.6. The molecule has 1 aromatic rings. The summed E-state index contributed by atoms with van der Waals surface area (Å²) in [7, 11) is -3.56. The highest BCUT2D eigenvalue weighted by Gasteiger charge is 2.29. The van der Waals surface area contributed by atoms with Crippen LogP contribution in [0.3, 0.4) is 0 Å². The largest absolute Gasteiger partial charge is 0.354 e. The third-order valence-corrected chi connectivity index (χ3v) is 6.36. The highest BCUT2D eigenvalue weighted by Crippen LogP contribution is 2.25. The van der Waals surface area contributed by atoms with Crippen LogP contribution in [0.25, 0.3) is 0 Å². The van der Waals surface area contributed by atoms with Crippen molar-refractivity contribution in [2.75, 3.05) is 17.1 Å². The molecule has 5 nitrogen and oxygen atoms in total. The Morgan fingerprint density at radius 1 is 1.20 bits per heavy atom. The summed E-state index contributed by atoms with van der Waals surface area (Å²) in [4.78, 5) is 12.6. The number of hydrogen-bond acceptors (Lipinski definition) is 3. The average Bonchev–Trinajstić information content (AvgIpc) is 2.55. The molecule has 1 N–H and O–H groups in total. The highest BCUT2D eigenvalue weighted by atomic mass is 32.2. The van der Waals surface area contributed by atoms with Gasteiger partial charge in [0.05, 0.1) is 11.9 Å². The second kappa shape index (κ2) is 8.21. The van der Waals surface area contributed by atoms with Gasteiger partial charge in [-0.15, -0.1) is 0 Å². The van der Waals surface area contributed by atoms with Crippen molar-refractivity contribution < 1.29 is 13.2 Å². The van der Waals surface area contributed by atoms with Gasteiger partial charge in [0.25, 0.3) is 0 Å². The van der Waals surface area contributed by atoms with Gasteiger partial charge in [0.15, 0.2) is 0 Å². The van der Waals surface area contributed by atoms with Gasteiger partial charge in [0.2, 0.25) is 15.9 Å². The summed E-state index contributed by atoms with van der Waals surface area (Å²) < 4.78 is 25.9. The number of carbonyl (C=O) groups is 1. The SMILES string of the molecule is Cc1ccc(N([C@@H](C)C(=O)NCC2CCCCC2)S(C)(=O)=O)cc1C. The number of hydrogen-bond donors (Lipinski definition) is 1. The van der Waals surface area contributed by atoms with Crippen molar-refractivity contribution in [3.05, 3.63) is 29.3 Å². The molecule has 0 aliphatic heterocycles. The number of anilines is 1. The van der Waals surface area contributed by atoms with Gasteiger partial charge in [-0.25, -0.2) is 8.42 Å². The molecular weight excluding hydrogens is 336 g/mol. The smallest absolute Gasteiger partial charge is 0.243 e. The summed E-state index contributed by atoms with van der Waals surface area (Å²) in [6, 6.07) is 4.69. The van der Waals surface area contributed by atoms with Gasteiger partial charge in [0.1, 0.15) is 6.04 Å². The van der Waals surface area contributed by atoms with Crippen LogP contribution in [0.5, 0.6) is 0 Å². The van der Waals surface area contributed by atoms with Crippen molar-refractivity contribution in [2.45, 2.75) is 58.9 Å². The Balaban J connectivity index is 2.13. The van der Waals surface area contributed by atoms with E-state index in [-0.39, 0.29) is 5.91 Å². The van der Waals surface area contributed by atoms with Crippen LogP contribution in [0, 0.1) is 19.8 Å². The summed E-state index contributed by atoms with van der Waals surface area (Å²) in [5.74, 6) is 0.271. The van der Waals surface area contributed by atoms with Gasteiger partial charge >= 0.3 is 0 Å². The van der Waals surface area contributed by atoms with Crippen LogP contribution in [0.2, 0.25) is 0 Å². The maximum atomic E-state index is 12.6. The Morgan fingerprint density at radius 3 is 2.40 bits per heavy atom. The molecule has 0 spiro atoms. The van der Waals surface area contributed by atoms with Gasteiger partial charge in [-0.05, 0) is 62.8 Å². The number of nitrogens with zero attached hydrogens (tertiary/aromatic N) is 1. The van der Waals surface area contributed by atoms with E-state index >= 15 is 0 Å². The van der Waals surface area contributed by atoms with Crippen molar-refractivity contribution in [1.82, 2.24) is 5.32 Å². The lowest BCUT2D eigenvalue weighted by Gasteiger charge is -2.29. The molecule has 25 heavy (non-hydrogen) atoms. The third-order valence-electron chi connectivity index (χ3n) is 5.12. The summed E-state index contributed by atoms with van der Waals surface area (Å²) in [6.07, 6.45) is 7.13. The molecular formula is C19H30N2O3S. The topological polar surface area (TPSA) is 66.5 Å². The van der Waals surface area contributed by atoms with Crippen molar-refractivity contribution in [3.63, 3.8) is 0 Å². The molecule has 0 heterocycles. The van der Waals surface area contributed by atoms with Crippen LogP contribution in [-0.4, -0.2) is 33.2 Å². The highest BCUT2D eigenvalue weighted by molar-refractivity contribution is 7.92. The van der Waals surface area contributed by atoms with E-state index < -0.39 is 16.1 Å². The van der Waals surface area contributed by atoms with Gasteiger partial charge in [0, 0.05) is 6.54 Å². The molecule has 1 atom stereocenters. The number of sulfonamides is 1. The van der Waals surface area contributed by atoms with Crippen LogP contribution >= 0.6 is 0 Å². The molecule has 0 saturated heterocycles. The van der Waals surface area contributed by atoms with Gasteiger partial charge in [-0.1, -0.05) is 25.3 Å². The number of nitrogens with one attached hydrogen (secondary N) is 1. The molecule has 1 aromatic carbocycles. The van der Waals surface area contributed by atoms with Crippen molar-refractivity contribution in [1.29, 1.82) is 0 Å². The predicted octanol–water partition coefficient (Wildman–Crippen LogP) is 3.15. The van der Waals surface area contributed by atoms with Crippen molar-refractivity contribution in [2.24, 2.45) is 5.92 Å². The number of rotatable bonds is 6. The standard InChI is InChI=1S/C19H30N2O3S/c1-14-10-11-18(12-15(14)2)21(25(4,23)24)16(3)19(22)20-13-17-8-6-5-7-9-17/h10-12,16-17H,5-9,13H2,1-4H3,(H,20,22)/t16-/m0/s1. The fourth-order valence-corrected chi connectivity index (χ4v) is 4.62. The maximum absolute atomic E-state index is 12.6. The predicted molar refractivity (Wildman–Crippen MR) is 102 cm³/mol. The Labute approximate surface area is 151 Å². The molecule has 140 valence electrons. The lowest BCUT2D eigenvalue weighted by Crippen LogP contribution is -2.48. The van der Waals surface area contributed by atoms with E-state index in [1.807, 2.05) is 26.0 Å². The van der Waals surface area contributed by atoms with Crippen LogP contribution in [0.4, 0.5) is 5.69 Å². The molecule has 1 fully saturated rings. The van der Waals surface area contributed by atoms with Crippen LogP contribution in [0.15, 0.2) is 18.2 Å². The summed E-state index contributed by atoms with van der Waals surface area (Å²) in [5, 5.41) is 2.96. The van der Waals surface area contributed by atoms with E-state index in [1.165, 1.54) is 23.6 Å². The molecule has 0 unspecified atom stereocenters. The lowest BCUT2D eigenvalue weighted by molar-refractivity contribution is -0.122. The van der Waals surface area contributed by atoms with E-state index in [1.54, 1.807) is 13.0 Å². The van der Waals surface area contributed by atoms with Crippen LogP contribution < -0.4 is 9.62 Å². The fraction of sp³-hybridized carbons (Fsp3) is 0.632. The van der Waals surface area contributed by atoms with E-state index in [0.29, 0.717) is 18.2 Å². The first-order chi connectivity index (χ1) is 11.7. The lowest BCUT2D eigenvalue weighted by atomic mass is 9.89. The minimum Gasteiger partial charge on any atom is -0.354 e. The first-order valence-corrected chi connectivity index (χ1v) is 10.9. The summed E-state index contributed by atoms with van der Waals surface area (Å²) in [6.45, 7) is 6.19. The number of amides is 1. The molecule has 6 heteroatoms. The Bertz CT molecular complexity index is 709. The molecule has 1 amide bonds. The number of benzene rings is 1. The van der Waals surface area contributed by atoms with Gasteiger partial charge < -0.3 is 5.32 Å². The zero-order valence-corrected chi connectivity index (χ0v) is 16.5. The van der Waals surface area contributed by atoms with E-state index in [0.717, 1.165) is 30.2 Å². The first-order valence-electron chi connectivity index (χ1n) is 9.04. The molecule has 0 bridgehead atoms. The minimum absolute atomic E-state index is 0.241. The molecule has 1 saturated carbocycles. The summed E-state index contributed by atoms with van der Waals surface area (Å²) >= 11 is 0. The van der Waals surface area contributed by atoms with Crippen molar-refractivity contribution >= 4 is 21.6 Å². The first kappa shape index (κ1) is 19.8. The average molecular weight is 367 g/mol. The van der Waals surface area contributed by atoms with E-state index in [9.17, 15) is 13.2 Å². The third kappa shape index (κ3) is 5.21. The Kier molecular flexibility index (Phi) is 6.49. The Morgan fingerprint density at radius 2 is 1.84 bits per heavy atom. The van der Waals surface area contributed by atoms with E-state index in [2.05, 4.69) is 5.32 Å².